The monoisotopic (exact) mass is 330 g/mol. The summed E-state index contributed by atoms with van der Waals surface area (Å²) in [4.78, 5) is 17.4. The van der Waals surface area contributed by atoms with Gasteiger partial charge in [0.25, 0.3) is 5.91 Å². The molecular formula is C17H15ClN2OS. The van der Waals surface area contributed by atoms with Gasteiger partial charge in [0.05, 0.1) is 15.2 Å². The second kappa shape index (κ2) is 5.71. The molecule has 3 nitrogen and oxygen atoms in total. The lowest BCUT2D eigenvalue weighted by Crippen LogP contribution is -2.14. The van der Waals surface area contributed by atoms with Gasteiger partial charge >= 0.3 is 0 Å². The van der Waals surface area contributed by atoms with E-state index in [1.165, 1.54) is 11.3 Å². The van der Waals surface area contributed by atoms with Gasteiger partial charge in [-0.15, -0.1) is 0 Å². The van der Waals surface area contributed by atoms with Crippen molar-refractivity contribution in [1.29, 1.82) is 0 Å². The number of carbonyl (C=O) groups is 1. The van der Waals surface area contributed by atoms with Crippen molar-refractivity contribution >= 4 is 39.1 Å². The van der Waals surface area contributed by atoms with Gasteiger partial charge in [-0.3, -0.25) is 4.79 Å². The number of aromatic nitrogens is 1. The predicted octanol–water partition coefficient (Wildman–Crippen LogP) is 4.25. The van der Waals surface area contributed by atoms with E-state index in [2.05, 4.69) is 4.99 Å². The molecule has 0 unspecified atom stereocenters. The van der Waals surface area contributed by atoms with Crippen molar-refractivity contribution in [3.05, 3.63) is 62.9 Å². The highest BCUT2D eigenvalue weighted by atomic mass is 35.5. The molecule has 1 heterocycles. The number of benzene rings is 2. The van der Waals surface area contributed by atoms with Crippen LogP contribution >= 0.6 is 22.9 Å². The van der Waals surface area contributed by atoms with E-state index >= 15 is 0 Å². The SMILES string of the molecule is Cc1ccc(C)c(C(=O)N=c2sc3cccc(Cl)c3n2C)c1. The summed E-state index contributed by atoms with van der Waals surface area (Å²) in [6, 6.07) is 11.5. The Morgan fingerprint density at radius 1 is 1.23 bits per heavy atom. The first-order valence-electron chi connectivity index (χ1n) is 6.88. The molecule has 22 heavy (non-hydrogen) atoms. The highest BCUT2D eigenvalue weighted by molar-refractivity contribution is 7.16. The zero-order valence-electron chi connectivity index (χ0n) is 12.6. The number of carbonyl (C=O) groups excluding carboxylic acids is 1. The summed E-state index contributed by atoms with van der Waals surface area (Å²) in [5, 5.41) is 0.664. The molecule has 0 atom stereocenters. The van der Waals surface area contributed by atoms with Crippen LogP contribution in [0.2, 0.25) is 5.02 Å². The molecule has 0 bridgehead atoms. The first-order valence-corrected chi connectivity index (χ1v) is 8.07. The van der Waals surface area contributed by atoms with Crippen molar-refractivity contribution in [2.45, 2.75) is 13.8 Å². The van der Waals surface area contributed by atoms with Gasteiger partial charge in [0.2, 0.25) is 0 Å². The van der Waals surface area contributed by atoms with E-state index in [4.69, 9.17) is 11.6 Å². The lowest BCUT2D eigenvalue weighted by molar-refractivity contribution is 0.0997. The third kappa shape index (κ3) is 2.60. The van der Waals surface area contributed by atoms with Gasteiger partial charge in [-0.1, -0.05) is 46.7 Å². The Balaban J connectivity index is 2.16. The van der Waals surface area contributed by atoms with Crippen LogP contribution in [0.3, 0.4) is 0 Å². The lowest BCUT2D eigenvalue weighted by Gasteiger charge is -2.02. The second-order valence-corrected chi connectivity index (χ2v) is 6.68. The molecule has 0 aliphatic rings. The minimum absolute atomic E-state index is 0.223. The number of halogens is 1. The fourth-order valence-electron chi connectivity index (χ4n) is 2.38. The van der Waals surface area contributed by atoms with E-state index in [9.17, 15) is 4.79 Å². The van der Waals surface area contributed by atoms with Crippen LogP contribution in [-0.4, -0.2) is 10.5 Å². The third-order valence-corrected chi connectivity index (χ3v) is 5.00. The van der Waals surface area contributed by atoms with Crippen molar-refractivity contribution in [3.63, 3.8) is 0 Å². The Kier molecular flexibility index (Phi) is 3.89. The summed E-state index contributed by atoms with van der Waals surface area (Å²) >= 11 is 7.70. The van der Waals surface area contributed by atoms with Gasteiger partial charge in [0, 0.05) is 12.6 Å². The highest BCUT2D eigenvalue weighted by Crippen LogP contribution is 2.24. The average molecular weight is 331 g/mol. The number of hydrogen-bond acceptors (Lipinski definition) is 2. The topological polar surface area (TPSA) is 34.4 Å². The molecule has 3 aromatic rings. The lowest BCUT2D eigenvalue weighted by atomic mass is 10.1. The largest absolute Gasteiger partial charge is 0.318 e. The smallest absolute Gasteiger partial charge is 0.279 e. The number of fused-ring (bicyclic) bond motifs is 1. The summed E-state index contributed by atoms with van der Waals surface area (Å²) in [7, 11) is 1.87. The van der Waals surface area contributed by atoms with Crippen LogP contribution < -0.4 is 4.80 Å². The van der Waals surface area contributed by atoms with E-state index in [0.29, 0.717) is 15.4 Å². The van der Waals surface area contributed by atoms with Gasteiger partial charge in [0.1, 0.15) is 0 Å². The highest BCUT2D eigenvalue weighted by Gasteiger charge is 2.11. The second-order valence-electron chi connectivity index (χ2n) is 5.27. The number of amides is 1. The van der Waals surface area contributed by atoms with Crippen LogP contribution in [0.1, 0.15) is 21.5 Å². The Morgan fingerprint density at radius 2 is 2.00 bits per heavy atom. The number of hydrogen-bond donors (Lipinski definition) is 0. The van der Waals surface area contributed by atoms with Crippen molar-refractivity contribution in [3.8, 4) is 0 Å². The van der Waals surface area contributed by atoms with Gasteiger partial charge < -0.3 is 4.57 Å². The van der Waals surface area contributed by atoms with Crippen LogP contribution in [0.4, 0.5) is 0 Å². The fourth-order valence-corrected chi connectivity index (χ4v) is 3.78. The Hall–Kier alpha value is -1.91. The molecule has 5 heteroatoms. The number of rotatable bonds is 1. The molecular weight excluding hydrogens is 316 g/mol. The van der Waals surface area contributed by atoms with E-state index in [-0.39, 0.29) is 5.91 Å². The summed E-state index contributed by atoms with van der Waals surface area (Å²) in [5.41, 5.74) is 3.53. The van der Waals surface area contributed by atoms with Crippen molar-refractivity contribution in [2.24, 2.45) is 12.0 Å². The Bertz CT molecular complexity index is 953. The first kappa shape index (κ1) is 15.0. The molecule has 1 aromatic heterocycles. The minimum Gasteiger partial charge on any atom is -0.318 e. The molecule has 0 fully saturated rings. The van der Waals surface area contributed by atoms with Crippen LogP contribution in [0.5, 0.6) is 0 Å². The van der Waals surface area contributed by atoms with Gasteiger partial charge in [-0.2, -0.15) is 4.99 Å². The van der Waals surface area contributed by atoms with Crippen LogP contribution in [0.15, 0.2) is 41.4 Å². The molecule has 3 rings (SSSR count). The van der Waals surface area contributed by atoms with Crippen molar-refractivity contribution in [1.82, 2.24) is 4.57 Å². The third-order valence-electron chi connectivity index (χ3n) is 3.59. The quantitative estimate of drug-likeness (QED) is 0.656. The summed E-state index contributed by atoms with van der Waals surface area (Å²) in [6.07, 6.45) is 0. The maximum absolute atomic E-state index is 12.5. The standard InChI is InChI=1S/C17H15ClN2OS/c1-10-7-8-11(2)12(9-10)16(21)19-17-20(3)15-13(18)5-4-6-14(15)22-17/h4-9H,1-3H3. The predicted molar refractivity (Wildman–Crippen MR) is 91.6 cm³/mol. The maximum Gasteiger partial charge on any atom is 0.279 e. The van der Waals surface area contributed by atoms with E-state index in [0.717, 1.165) is 21.3 Å². The number of thiazole rings is 1. The summed E-state index contributed by atoms with van der Waals surface area (Å²) in [6.45, 7) is 3.89. The van der Waals surface area contributed by atoms with E-state index in [1.807, 2.05) is 61.9 Å². The summed E-state index contributed by atoms with van der Waals surface area (Å²) < 4.78 is 2.88. The van der Waals surface area contributed by atoms with Gasteiger partial charge in [-0.25, -0.2) is 0 Å². The molecule has 0 radical (unpaired) electrons. The van der Waals surface area contributed by atoms with Gasteiger partial charge in [0.15, 0.2) is 4.80 Å². The molecule has 112 valence electrons. The van der Waals surface area contributed by atoms with Crippen molar-refractivity contribution < 1.29 is 4.79 Å². The van der Waals surface area contributed by atoms with E-state index < -0.39 is 0 Å². The van der Waals surface area contributed by atoms with Crippen LogP contribution in [-0.2, 0) is 7.05 Å². The van der Waals surface area contributed by atoms with Crippen molar-refractivity contribution in [2.75, 3.05) is 0 Å². The number of aryl methyl sites for hydroxylation is 3. The zero-order chi connectivity index (χ0) is 15.9. The maximum atomic E-state index is 12.5. The fraction of sp³-hybridized carbons (Fsp3) is 0.176. The first-order chi connectivity index (χ1) is 10.5. The molecule has 1 amide bonds. The van der Waals surface area contributed by atoms with Gasteiger partial charge in [-0.05, 0) is 37.6 Å². The normalized spacial score (nSPS) is 12.1. The molecule has 0 saturated carbocycles. The molecule has 2 aromatic carbocycles. The Labute approximate surface area is 137 Å². The Morgan fingerprint density at radius 3 is 2.73 bits per heavy atom. The molecule has 0 saturated heterocycles. The number of para-hydroxylation sites is 1. The zero-order valence-corrected chi connectivity index (χ0v) is 14.1. The average Bonchev–Trinajstić information content (AvgIpc) is 2.79. The van der Waals surface area contributed by atoms with Crippen LogP contribution in [0, 0.1) is 13.8 Å². The van der Waals surface area contributed by atoms with Crippen LogP contribution in [0.25, 0.3) is 10.2 Å². The molecule has 0 aliphatic carbocycles. The summed E-state index contributed by atoms with van der Waals surface area (Å²) in [5.74, 6) is -0.223. The molecule has 0 aliphatic heterocycles. The number of nitrogens with zero attached hydrogens (tertiary/aromatic N) is 2. The van der Waals surface area contributed by atoms with E-state index in [1.54, 1.807) is 0 Å². The molecule has 0 N–H and O–H groups in total. The minimum atomic E-state index is -0.223. The molecule has 0 spiro atoms.